The molecule has 1 saturated heterocycles. The Bertz CT molecular complexity index is 1610. The van der Waals surface area contributed by atoms with Gasteiger partial charge in [0.15, 0.2) is 0 Å². The van der Waals surface area contributed by atoms with Crippen molar-refractivity contribution >= 4 is 29.8 Å². The van der Waals surface area contributed by atoms with Crippen LogP contribution in [0.3, 0.4) is 0 Å². The van der Waals surface area contributed by atoms with Crippen LogP contribution in [0.5, 0.6) is 0 Å². The number of aryl methyl sites for hydroxylation is 1. The maximum Gasteiger partial charge on any atom is 0.409 e. The Morgan fingerprint density at radius 2 is 1.12 bits per heavy atom. The summed E-state index contributed by atoms with van der Waals surface area (Å²) in [5.74, 6) is -4.14. The number of unbranched alkanes of at least 4 members (excludes halogenated alkanes) is 24. The van der Waals surface area contributed by atoms with Crippen molar-refractivity contribution < 1.29 is 47.8 Å². The number of amides is 1. The molecule has 394 valence electrons. The van der Waals surface area contributed by atoms with E-state index in [1.165, 1.54) is 109 Å². The summed E-state index contributed by atoms with van der Waals surface area (Å²) < 4.78 is 17.6. The Morgan fingerprint density at radius 3 is 1.57 bits per heavy atom. The van der Waals surface area contributed by atoms with Crippen LogP contribution in [0.25, 0.3) is 0 Å². The van der Waals surface area contributed by atoms with Gasteiger partial charge in [0.05, 0.1) is 25.5 Å². The predicted molar refractivity (Wildman–Crippen MR) is 276 cm³/mol. The number of rotatable bonds is 41. The molecule has 1 aliphatic heterocycles. The Kier molecular flexibility index (Phi) is 29.7. The number of nitrogens with zero attached hydrogens (tertiary/aromatic N) is 1. The van der Waals surface area contributed by atoms with Gasteiger partial charge in [0, 0.05) is 19.3 Å². The van der Waals surface area contributed by atoms with E-state index in [4.69, 9.17) is 14.2 Å². The lowest BCUT2D eigenvalue weighted by Gasteiger charge is -2.51. The molecule has 1 aromatic rings. The Morgan fingerprint density at radius 1 is 0.652 bits per heavy atom. The number of carboxylic acids is 1. The highest BCUT2D eigenvalue weighted by Crippen LogP contribution is 2.61. The summed E-state index contributed by atoms with van der Waals surface area (Å²) in [6.07, 6.45) is 32.9. The fraction of sp³-hybridized carbons (Fsp3) is 0.810. The van der Waals surface area contributed by atoms with Crippen LogP contribution in [0.1, 0.15) is 258 Å². The van der Waals surface area contributed by atoms with Crippen LogP contribution in [-0.2, 0) is 44.6 Å². The number of likely N-dealkylation sites (tertiary alicyclic amines) is 1. The number of nitrogens with one attached hydrogen (secondary N) is 1. The Hall–Kier alpha value is -3.31. The van der Waals surface area contributed by atoms with Crippen LogP contribution < -0.4 is 5.32 Å². The SMILES string of the molecule is CCCCCCCCCCCCCCCC(=O)O[C@]1(C(=O)O)C[C@@H]2CCC[C@@]2(OC(=O)CCCCCCCCCCCCCCC)[N+]1(CCC)C(=O)[C@H](C)N[C@@H](CCc1ccccc1)C(=O)OCC. The Labute approximate surface area is 419 Å². The lowest BCUT2D eigenvalue weighted by molar-refractivity contribution is -0.972. The first-order valence-electron chi connectivity index (χ1n) is 28.5. The number of hydrogen-bond acceptors (Lipinski definition) is 9. The summed E-state index contributed by atoms with van der Waals surface area (Å²) in [4.78, 5) is 71.6. The molecule has 0 bridgehead atoms. The second-order valence-corrected chi connectivity index (χ2v) is 20.7. The molecule has 1 saturated carbocycles. The van der Waals surface area contributed by atoms with E-state index in [9.17, 15) is 24.3 Å². The molecule has 11 heteroatoms. The lowest BCUT2D eigenvalue weighted by Crippen LogP contribution is -2.79. The molecule has 0 aromatic heterocycles. The summed E-state index contributed by atoms with van der Waals surface area (Å²) in [6, 6.07) is 7.76. The van der Waals surface area contributed by atoms with Crippen LogP contribution >= 0.6 is 0 Å². The van der Waals surface area contributed by atoms with Crippen molar-refractivity contribution in [3.63, 3.8) is 0 Å². The molecule has 0 spiro atoms. The molecule has 1 unspecified atom stereocenters. The van der Waals surface area contributed by atoms with Gasteiger partial charge in [-0.15, -0.1) is 0 Å². The molecule has 1 heterocycles. The number of hydrogen-bond donors (Lipinski definition) is 2. The number of esters is 3. The van der Waals surface area contributed by atoms with Gasteiger partial charge in [0.1, 0.15) is 12.1 Å². The number of carboxylic acid groups (broad SMARTS) is 1. The summed E-state index contributed by atoms with van der Waals surface area (Å²) in [7, 11) is 0. The normalized spacial score (nSPS) is 21.7. The number of fused-ring (bicyclic) bond motifs is 1. The van der Waals surface area contributed by atoms with E-state index in [1.807, 2.05) is 37.3 Å². The average Bonchev–Trinajstić information content (AvgIpc) is 3.83. The zero-order valence-electron chi connectivity index (χ0n) is 44.4. The quantitative estimate of drug-likeness (QED) is 0.0281. The van der Waals surface area contributed by atoms with Crippen LogP contribution in [0, 0.1) is 5.92 Å². The number of ether oxygens (including phenoxy) is 3. The van der Waals surface area contributed by atoms with E-state index in [0.29, 0.717) is 44.9 Å². The highest BCUT2D eigenvalue weighted by atomic mass is 16.6. The van der Waals surface area contributed by atoms with Gasteiger partial charge in [-0.05, 0) is 64.4 Å². The topological polar surface area (TPSA) is 145 Å². The minimum Gasteiger partial charge on any atom is -0.474 e. The van der Waals surface area contributed by atoms with Gasteiger partial charge in [0.2, 0.25) is 0 Å². The molecule has 0 radical (unpaired) electrons. The lowest BCUT2D eigenvalue weighted by atomic mass is 9.97. The van der Waals surface area contributed by atoms with Crippen LogP contribution in [-0.4, -0.2) is 76.1 Å². The van der Waals surface area contributed by atoms with E-state index < -0.39 is 63.7 Å². The number of carbonyl (C=O) groups excluding carboxylic acids is 4. The molecule has 6 atom stereocenters. The maximum atomic E-state index is 15.8. The molecule has 2 N–H and O–H groups in total. The van der Waals surface area contributed by atoms with E-state index in [1.54, 1.807) is 13.8 Å². The minimum atomic E-state index is -2.33. The monoisotopic (exact) mass is 968 g/mol. The van der Waals surface area contributed by atoms with Gasteiger partial charge in [-0.2, -0.15) is 4.48 Å². The smallest absolute Gasteiger partial charge is 0.409 e. The summed E-state index contributed by atoms with van der Waals surface area (Å²) in [6.45, 7) is 9.86. The number of aliphatic carboxylic acids is 1. The molecule has 11 nitrogen and oxygen atoms in total. The van der Waals surface area contributed by atoms with Gasteiger partial charge >= 0.3 is 35.5 Å². The molecule has 69 heavy (non-hydrogen) atoms. The van der Waals surface area contributed by atoms with Crippen molar-refractivity contribution in [3.05, 3.63) is 35.9 Å². The van der Waals surface area contributed by atoms with Crippen molar-refractivity contribution in [3.8, 4) is 0 Å². The molecule has 1 aromatic carbocycles. The number of quaternary nitrogens is 1. The van der Waals surface area contributed by atoms with Gasteiger partial charge in [0.25, 0.3) is 5.72 Å². The second kappa shape index (κ2) is 34.1. The van der Waals surface area contributed by atoms with Gasteiger partial charge in [-0.3, -0.25) is 19.7 Å². The summed E-state index contributed by atoms with van der Waals surface area (Å²) in [5.41, 5.74) is -2.87. The third-order valence-corrected chi connectivity index (χ3v) is 15.3. The molecule has 2 aliphatic rings. The van der Waals surface area contributed by atoms with E-state index in [0.717, 1.165) is 50.5 Å². The van der Waals surface area contributed by atoms with E-state index >= 15 is 4.79 Å². The van der Waals surface area contributed by atoms with Crippen molar-refractivity contribution in [1.82, 2.24) is 5.32 Å². The minimum absolute atomic E-state index is 0.0280. The zero-order valence-corrected chi connectivity index (χ0v) is 44.4. The fourth-order valence-corrected chi connectivity index (χ4v) is 11.6. The largest absolute Gasteiger partial charge is 0.474 e. The number of carbonyl (C=O) groups is 5. The first-order valence-corrected chi connectivity index (χ1v) is 28.5. The zero-order chi connectivity index (χ0) is 50.2. The van der Waals surface area contributed by atoms with Gasteiger partial charge in [-0.25, -0.2) is 9.59 Å². The van der Waals surface area contributed by atoms with Crippen molar-refractivity contribution in [1.29, 1.82) is 0 Å². The molecule has 2 fully saturated rings. The highest BCUT2D eigenvalue weighted by molar-refractivity contribution is 5.87. The highest BCUT2D eigenvalue weighted by Gasteiger charge is 2.84. The first-order chi connectivity index (χ1) is 33.5. The molecule has 3 rings (SSSR count). The van der Waals surface area contributed by atoms with Crippen LogP contribution in [0.2, 0.25) is 0 Å². The standard InChI is InChI=1S/C58H98N2O9/c1-6-10-12-14-16-18-20-22-24-26-28-30-35-41-52(61)68-57-45-37-40-50(57)47-58(56(65)66,69-53(62)42-36-31-29-27-25-23-21-19-17-15-13-11-7-2)60(57,46-8-3)54(63)48(5)59-51(55(64)67-9-4)44-43-49-38-33-32-34-39-49/h32-34,38-39,48,50-51,59H,6-31,35-37,40-47H2,1-5H3/p+1/t48-,50-,51-,57-,58-,60?/m0/s1. The Balaban J connectivity index is 1.80. The van der Waals surface area contributed by atoms with Crippen molar-refractivity contribution in [2.75, 3.05) is 13.2 Å². The van der Waals surface area contributed by atoms with Crippen molar-refractivity contribution in [2.24, 2.45) is 5.92 Å². The molecular weight excluding hydrogens is 869 g/mol. The first kappa shape index (κ1) is 60.0. The van der Waals surface area contributed by atoms with Gasteiger partial charge < -0.3 is 19.3 Å². The number of benzene rings is 1. The third-order valence-electron chi connectivity index (χ3n) is 15.3. The third kappa shape index (κ3) is 18.7. The average molecular weight is 968 g/mol. The van der Waals surface area contributed by atoms with Crippen LogP contribution in [0.4, 0.5) is 0 Å². The summed E-state index contributed by atoms with van der Waals surface area (Å²) >= 11 is 0. The molecule has 1 aliphatic carbocycles. The van der Waals surface area contributed by atoms with E-state index in [-0.39, 0.29) is 38.8 Å². The molecule has 1 amide bonds. The molecular formula is C58H99N2O9+. The van der Waals surface area contributed by atoms with Crippen LogP contribution in [0.15, 0.2) is 30.3 Å². The van der Waals surface area contributed by atoms with Gasteiger partial charge in [-0.1, -0.05) is 205 Å². The predicted octanol–water partition coefficient (Wildman–Crippen LogP) is 14.0. The van der Waals surface area contributed by atoms with Crippen molar-refractivity contribution in [2.45, 2.75) is 283 Å². The maximum absolute atomic E-state index is 15.8. The summed E-state index contributed by atoms with van der Waals surface area (Å²) in [5, 5.41) is 14.8. The second-order valence-electron chi connectivity index (χ2n) is 20.7. The van der Waals surface area contributed by atoms with E-state index in [2.05, 4.69) is 19.2 Å². The fourth-order valence-electron chi connectivity index (χ4n) is 11.6.